The van der Waals surface area contributed by atoms with Gasteiger partial charge < -0.3 is 4.74 Å². The molecule has 74 valence electrons. The summed E-state index contributed by atoms with van der Waals surface area (Å²) in [6.45, 7) is 4.01. The van der Waals surface area contributed by atoms with Gasteiger partial charge in [0, 0.05) is 0 Å². The molecular formula is C8H9N3O2S. The lowest BCUT2D eigenvalue weighted by atomic mass is 10.6. The van der Waals surface area contributed by atoms with Crippen molar-refractivity contribution in [2.24, 2.45) is 0 Å². The van der Waals surface area contributed by atoms with Crippen molar-refractivity contribution >= 4 is 22.3 Å². The minimum Gasteiger partial charge on any atom is -0.461 e. The summed E-state index contributed by atoms with van der Waals surface area (Å²) < 4.78 is 6.41. The molecule has 0 fully saturated rings. The van der Waals surface area contributed by atoms with Crippen LogP contribution in [0.3, 0.4) is 0 Å². The lowest BCUT2D eigenvalue weighted by Crippen LogP contribution is -2.04. The normalized spacial score (nSPS) is 10.7. The monoisotopic (exact) mass is 211 g/mol. The van der Waals surface area contributed by atoms with Gasteiger partial charge in [0.05, 0.1) is 18.5 Å². The summed E-state index contributed by atoms with van der Waals surface area (Å²) in [5.74, 6) is -0.388. The van der Waals surface area contributed by atoms with E-state index in [1.54, 1.807) is 17.6 Å². The predicted molar refractivity (Wildman–Crippen MR) is 51.6 cm³/mol. The van der Waals surface area contributed by atoms with Crippen LogP contribution in [-0.2, 0) is 4.74 Å². The van der Waals surface area contributed by atoms with Crippen LogP contribution in [0, 0.1) is 6.92 Å². The van der Waals surface area contributed by atoms with Crippen LogP contribution in [0.25, 0.3) is 4.96 Å². The topological polar surface area (TPSA) is 56.5 Å². The van der Waals surface area contributed by atoms with Crippen molar-refractivity contribution in [2.45, 2.75) is 13.8 Å². The van der Waals surface area contributed by atoms with Gasteiger partial charge >= 0.3 is 5.97 Å². The zero-order valence-corrected chi connectivity index (χ0v) is 8.67. The summed E-state index contributed by atoms with van der Waals surface area (Å²) >= 11 is 1.23. The first-order chi connectivity index (χ1) is 6.70. The van der Waals surface area contributed by atoms with Crippen molar-refractivity contribution in [3.05, 3.63) is 16.9 Å². The zero-order chi connectivity index (χ0) is 10.1. The maximum Gasteiger partial charge on any atom is 0.369 e. The van der Waals surface area contributed by atoms with Crippen molar-refractivity contribution in [1.82, 2.24) is 14.6 Å². The fourth-order valence-electron chi connectivity index (χ4n) is 1.08. The van der Waals surface area contributed by atoms with Crippen molar-refractivity contribution in [3.8, 4) is 0 Å². The molecule has 0 N–H and O–H groups in total. The highest BCUT2D eigenvalue weighted by Crippen LogP contribution is 2.14. The number of carbonyl (C=O) groups excluding carboxylic acids is 1. The number of rotatable bonds is 2. The molecule has 2 heterocycles. The average Bonchev–Trinajstić information content (AvgIpc) is 2.61. The maximum atomic E-state index is 11.3. The molecule has 0 aromatic carbocycles. The number of hydrogen-bond donors (Lipinski definition) is 0. The smallest absolute Gasteiger partial charge is 0.369 e. The van der Waals surface area contributed by atoms with Crippen LogP contribution < -0.4 is 0 Å². The first-order valence-electron chi connectivity index (χ1n) is 4.20. The maximum absolute atomic E-state index is 11.3. The van der Waals surface area contributed by atoms with Crippen molar-refractivity contribution in [2.75, 3.05) is 6.61 Å². The van der Waals surface area contributed by atoms with Crippen molar-refractivity contribution in [1.29, 1.82) is 0 Å². The first-order valence-corrected chi connectivity index (χ1v) is 5.02. The van der Waals surface area contributed by atoms with Crippen LogP contribution >= 0.6 is 11.3 Å². The predicted octanol–water partition coefficient (Wildman–Crippen LogP) is 1.28. The number of esters is 1. The van der Waals surface area contributed by atoms with E-state index in [0.717, 1.165) is 5.69 Å². The molecule has 0 unspecified atom stereocenters. The van der Waals surface area contributed by atoms with Crippen LogP contribution in [-0.4, -0.2) is 27.2 Å². The third-order valence-electron chi connectivity index (χ3n) is 1.61. The third-order valence-corrected chi connectivity index (χ3v) is 2.52. The second kappa shape index (κ2) is 3.38. The van der Waals surface area contributed by atoms with Gasteiger partial charge in [0.25, 0.3) is 0 Å². The van der Waals surface area contributed by atoms with Crippen LogP contribution in [0.5, 0.6) is 0 Å². The largest absolute Gasteiger partial charge is 0.461 e. The first kappa shape index (κ1) is 9.14. The van der Waals surface area contributed by atoms with Gasteiger partial charge in [0.1, 0.15) is 0 Å². The lowest BCUT2D eigenvalue weighted by molar-refractivity contribution is 0.0524. The molecule has 0 aliphatic carbocycles. The number of nitrogens with zero attached hydrogens (tertiary/aromatic N) is 3. The Morgan fingerprint density at radius 1 is 1.71 bits per heavy atom. The van der Waals surface area contributed by atoms with Gasteiger partial charge in [-0.3, -0.25) is 0 Å². The SMILES string of the molecule is CCOC(=O)c1nn2cc(C)nc2s1. The van der Waals surface area contributed by atoms with Gasteiger partial charge in [-0.25, -0.2) is 14.3 Å². The van der Waals surface area contributed by atoms with Gasteiger partial charge in [0.15, 0.2) is 0 Å². The Balaban J connectivity index is 2.36. The quantitative estimate of drug-likeness (QED) is 0.702. The number of aryl methyl sites for hydroxylation is 1. The van der Waals surface area contributed by atoms with Gasteiger partial charge in [-0.2, -0.15) is 0 Å². The molecule has 0 saturated carbocycles. The Kier molecular flexibility index (Phi) is 2.20. The number of fused-ring (bicyclic) bond motifs is 1. The molecule has 0 spiro atoms. The Morgan fingerprint density at radius 3 is 3.14 bits per heavy atom. The van der Waals surface area contributed by atoms with E-state index in [9.17, 15) is 4.79 Å². The van der Waals surface area contributed by atoms with E-state index in [1.807, 2.05) is 6.92 Å². The number of carbonyl (C=O) groups is 1. The van der Waals surface area contributed by atoms with E-state index in [1.165, 1.54) is 11.3 Å². The van der Waals surface area contributed by atoms with Gasteiger partial charge in [0.2, 0.25) is 9.97 Å². The molecule has 0 saturated heterocycles. The third kappa shape index (κ3) is 1.48. The van der Waals surface area contributed by atoms with E-state index in [0.29, 0.717) is 16.6 Å². The molecule has 0 aliphatic heterocycles. The summed E-state index contributed by atoms with van der Waals surface area (Å²) in [5, 5.41) is 4.39. The molecule has 5 nitrogen and oxygen atoms in total. The van der Waals surface area contributed by atoms with Crippen molar-refractivity contribution in [3.63, 3.8) is 0 Å². The molecular weight excluding hydrogens is 202 g/mol. The molecule has 6 heteroatoms. The molecule has 2 rings (SSSR count). The Bertz CT molecular complexity index is 442. The molecule has 0 atom stereocenters. The van der Waals surface area contributed by atoms with E-state index in [2.05, 4.69) is 10.1 Å². The molecule has 2 aromatic rings. The fourth-order valence-corrected chi connectivity index (χ4v) is 1.91. The standard InChI is InChI=1S/C8H9N3O2S/c1-3-13-7(12)6-10-11-4-5(2)9-8(11)14-6/h4H,3H2,1-2H3. The van der Waals surface area contributed by atoms with Crippen LogP contribution in [0.15, 0.2) is 6.20 Å². The number of ether oxygens (including phenoxy) is 1. The molecule has 0 radical (unpaired) electrons. The highest BCUT2D eigenvalue weighted by atomic mass is 32.1. The summed E-state index contributed by atoms with van der Waals surface area (Å²) in [4.78, 5) is 16.2. The molecule has 0 amide bonds. The van der Waals surface area contributed by atoms with Crippen LogP contribution in [0.1, 0.15) is 22.4 Å². The second-order valence-corrected chi connectivity index (χ2v) is 3.69. The summed E-state index contributed by atoms with van der Waals surface area (Å²) in [6.07, 6.45) is 1.77. The molecule has 2 aromatic heterocycles. The number of aromatic nitrogens is 3. The molecule has 0 bridgehead atoms. The van der Waals surface area contributed by atoms with E-state index >= 15 is 0 Å². The van der Waals surface area contributed by atoms with Gasteiger partial charge in [-0.15, -0.1) is 5.10 Å². The van der Waals surface area contributed by atoms with Crippen molar-refractivity contribution < 1.29 is 9.53 Å². The van der Waals surface area contributed by atoms with Gasteiger partial charge in [-0.05, 0) is 13.8 Å². The minimum atomic E-state index is -0.388. The highest BCUT2D eigenvalue weighted by molar-refractivity contribution is 7.18. The fraction of sp³-hybridized carbons (Fsp3) is 0.375. The summed E-state index contributed by atoms with van der Waals surface area (Å²) in [6, 6.07) is 0. The lowest BCUT2D eigenvalue weighted by Gasteiger charge is -1.94. The minimum absolute atomic E-state index is 0.342. The highest BCUT2D eigenvalue weighted by Gasteiger charge is 2.14. The van der Waals surface area contributed by atoms with E-state index in [-0.39, 0.29) is 5.97 Å². The number of hydrogen-bond acceptors (Lipinski definition) is 5. The van der Waals surface area contributed by atoms with E-state index < -0.39 is 0 Å². The molecule has 14 heavy (non-hydrogen) atoms. The van der Waals surface area contributed by atoms with Crippen LogP contribution in [0.2, 0.25) is 0 Å². The van der Waals surface area contributed by atoms with Crippen LogP contribution in [0.4, 0.5) is 0 Å². The Labute approximate surface area is 84.3 Å². The molecule has 0 aliphatic rings. The van der Waals surface area contributed by atoms with Gasteiger partial charge in [-0.1, -0.05) is 11.3 Å². The number of imidazole rings is 1. The Morgan fingerprint density at radius 2 is 2.50 bits per heavy atom. The zero-order valence-electron chi connectivity index (χ0n) is 7.85. The average molecular weight is 211 g/mol. The Hall–Kier alpha value is -1.43. The summed E-state index contributed by atoms with van der Waals surface area (Å²) in [7, 11) is 0. The second-order valence-electron chi connectivity index (χ2n) is 2.74. The summed E-state index contributed by atoms with van der Waals surface area (Å²) in [5.41, 5.74) is 0.888. The van der Waals surface area contributed by atoms with E-state index in [4.69, 9.17) is 4.74 Å².